The summed E-state index contributed by atoms with van der Waals surface area (Å²) in [7, 11) is 0. The predicted octanol–water partition coefficient (Wildman–Crippen LogP) is 2.22. The summed E-state index contributed by atoms with van der Waals surface area (Å²) in [6.07, 6.45) is 1.47. The molecule has 1 unspecified atom stereocenters. The van der Waals surface area contributed by atoms with Crippen LogP contribution in [0.1, 0.15) is 37.0 Å². The summed E-state index contributed by atoms with van der Waals surface area (Å²) in [4.78, 5) is 23.0. The molecule has 0 aliphatic carbocycles. The quantitative estimate of drug-likeness (QED) is 0.734. The van der Waals surface area contributed by atoms with Crippen LogP contribution < -0.4 is 5.32 Å². The summed E-state index contributed by atoms with van der Waals surface area (Å²) < 4.78 is 0. The van der Waals surface area contributed by atoms with Gasteiger partial charge in [0.2, 0.25) is 5.91 Å². The van der Waals surface area contributed by atoms with Crippen molar-refractivity contribution in [3.05, 3.63) is 22.4 Å². The van der Waals surface area contributed by atoms with Crippen molar-refractivity contribution in [1.29, 1.82) is 0 Å². The smallest absolute Gasteiger partial charge is 0.303 e. The van der Waals surface area contributed by atoms with Gasteiger partial charge in [0.25, 0.3) is 0 Å². The van der Waals surface area contributed by atoms with Crippen molar-refractivity contribution in [1.82, 2.24) is 5.32 Å². The minimum atomic E-state index is -0.789. The number of carboxylic acids is 1. The highest BCUT2D eigenvalue weighted by molar-refractivity contribution is 7.10. The number of thiophene rings is 1. The fourth-order valence-electron chi connectivity index (χ4n) is 1.43. The Kier molecular flexibility index (Phi) is 5.69. The molecule has 2 N–H and O–H groups in total. The molecule has 1 atom stereocenters. The van der Waals surface area contributed by atoms with Gasteiger partial charge in [-0.05, 0) is 31.2 Å². The molecular weight excluding hydrogens is 238 g/mol. The number of unbranched alkanes of at least 4 members (excludes halogenated alkanes) is 1. The van der Waals surface area contributed by atoms with Gasteiger partial charge in [0.15, 0.2) is 0 Å². The van der Waals surface area contributed by atoms with E-state index in [0.29, 0.717) is 19.4 Å². The van der Waals surface area contributed by atoms with Gasteiger partial charge in [0, 0.05) is 17.8 Å². The lowest BCUT2D eigenvalue weighted by molar-refractivity contribution is -0.137. The first-order valence-electron chi connectivity index (χ1n) is 5.64. The summed E-state index contributed by atoms with van der Waals surface area (Å²) in [6, 6.07) is 3.87. The molecule has 4 nitrogen and oxygen atoms in total. The first-order chi connectivity index (χ1) is 8.11. The molecule has 1 heterocycles. The molecule has 0 saturated carbocycles. The molecule has 0 saturated heterocycles. The molecule has 0 radical (unpaired) electrons. The lowest BCUT2D eigenvalue weighted by Crippen LogP contribution is -2.28. The van der Waals surface area contributed by atoms with Crippen molar-refractivity contribution in [3.63, 3.8) is 0 Å². The molecule has 1 aromatic heterocycles. The van der Waals surface area contributed by atoms with Crippen LogP contribution in [0.4, 0.5) is 0 Å². The normalized spacial score (nSPS) is 12.1. The van der Waals surface area contributed by atoms with Crippen LogP contribution >= 0.6 is 11.3 Å². The van der Waals surface area contributed by atoms with Gasteiger partial charge in [-0.1, -0.05) is 6.07 Å². The highest BCUT2D eigenvalue weighted by atomic mass is 32.1. The minimum absolute atomic E-state index is 0.00257. The molecule has 1 rings (SSSR count). The van der Waals surface area contributed by atoms with Crippen LogP contribution in [-0.4, -0.2) is 23.5 Å². The maximum Gasteiger partial charge on any atom is 0.303 e. The van der Waals surface area contributed by atoms with E-state index in [-0.39, 0.29) is 18.2 Å². The summed E-state index contributed by atoms with van der Waals surface area (Å²) in [5.74, 6) is -0.916. The highest BCUT2D eigenvalue weighted by Gasteiger charge is 2.15. The third-order valence-electron chi connectivity index (χ3n) is 2.48. The van der Waals surface area contributed by atoms with E-state index >= 15 is 0 Å². The average molecular weight is 255 g/mol. The summed E-state index contributed by atoms with van der Waals surface area (Å²) in [5, 5.41) is 13.2. The van der Waals surface area contributed by atoms with Crippen molar-refractivity contribution in [3.8, 4) is 0 Å². The van der Waals surface area contributed by atoms with Crippen LogP contribution in [0.5, 0.6) is 0 Å². The second-order valence-corrected chi connectivity index (χ2v) is 4.86. The molecule has 1 amide bonds. The fraction of sp³-hybridized carbons (Fsp3) is 0.500. The van der Waals surface area contributed by atoms with Crippen molar-refractivity contribution < 1.29 is 14.7 Å². The molecule has 0 spiro atoms. The number of rotatable bonds is 7. The van der Waals surface area contributed by atoms with Gasteiger partial charge in [-0.3, -0.25) is 9.59 Å². The van der Waals surface area contributed by atoms with Crippen molar-refractivity contribution in [2.45, 2.75) is 32.1 Å². The van der Waals surface area contributed by atoms with Gasteiger partial charge >= 0.3 is 5.97 Å². The number of hydrogen-bond acceptors (Lipinski definition) is 3. The van der Waals surface area contributed by atoms with Gasteiger partial charge in [0.1, 0.15) is 0 Å². The first-order valence-corrected chi connectivity index (χ1v) is 6.52. The van der Waals surface area contributed by atoms with Gasteiger partial charge < -0.3 is 10.4 Å². The molecule has 1 aromatic rings. The number of hydrogen-bond donors (Lipinski definition) is 2. The van der Waals surface area contributed by atoms with E-state index in [2.05, 4.69) is 5.32 Å². The maximum atomic E-state index is 11.7. The Hall–Kier alpha value is -1.36. The zero-order chi connectivity index (χ0) is 12.7. The second-order valence-electron chi connectivity index (χ2n) is 3.88. The molecule has 0 aliphatic rings. The van der Waals surface area contributed by atoms with E-state index in [1.165, 1.54) is 0 Å². The van der Waals surface area contributed by atoms with E-state index < -0.39 is 5.97 Å². The third kappa shape index (κ3) is 4.99. The Morgan fingerprint density at radius 2 is 2.24 bits per heavy atom. The van der Waals surface area contributed by atoms with Crippen LogP contribution in [0.2, 0.25) is 0 Å². The molecule has 0 fully saturated rings. The van der Waals surface area contributed by atoms with E-state index in [9.17, 15) is 9.59 Å². The third-order valence-corrected chi connectivity index (χ3v) is 3.53. The Balaban J connectivity index is 2.19. The largest absolute Gasteiger partial charge is 0.481 e. The maximum absolute atomic E-state index is 11.7. The van der Waals surface area contributed by atoms with Crippen molar-refractivity contribution in [2.24, 2.45) is 0 Å². The average Bonchev–Trinajstić information content (AvgIpc) is 2.80. The SMILES string of the molecule is CC(C(=O)NCCCCC(=O)O)c1cccs1. The minimum Gasteiger partial charge on any atom is -0.481 e. The van der Waals surface area contributed by atoms with Crippen LogP contribution in [0.3, 0.4) is 0 Å². The van der Waals surface area contributed by atoms with E-state index in [1.54, 1.807) is 11.3 Å². The predicted molar refractivity (Wildman–Crippen MR) is 67.2 cm³/mol. The number of carbonyl (C=O) groups is 2. The van der Waals surface area contributed by atoms with Crippen LogP contribution in [0, 0.1) is 0 Å². The molecule has 17 heavy (non-hydrogen) atoms. The van der Waals surface area contributed by atoms with Gasteiger partial charge in [-0.2, -0.15) is 0 Å². The zero-order valence-corrected chi connectivity index (χ0v) is 10.6. The first kappa shape index (κ1) is 13.7. The summed E-state index contributed by atoms with van der Waals surface area (Å²) in [6.45, 7) is 2.42. The van der Waals surface area contributed by atoms with E-state index in [1.807, 2.05) is 24.4 Å². The van der Waals surface area contributed by atoms with Crippen LogP contribution in [0.25, 0.3) is 0 Å². The van der Waals surface area contributed by atoms with Crippen LogP contribution in [-0.2, 0) is 9.59 Å². The number of nitrogens with one attached hydrogen (secondary N) is 1. The monoisotopic (exact) mass is 255 g/mol. The summed E-state index contributed by atoms with van der Waals surface area (Å²) >= 11 is 1.57. The topological polar surface area (TPSA) is 66.4 Å². The molecule has 0 aliphatic heterocycles. The van der Waals surface area contributed by atoms with Crippen LogP contribution in [0.15, 0.2) is 17.5 Å². The Morgan fingerprint density at radius 3 is 2.82 bits per heavy atom. The summed E-state index contributed by atoms with van der Waals surface area (Å²) in [5.41, 5.74) is 0. The lowest BCUT2D eigenvalue weighted by Gasteiger charge is -2.10. The molecule has 0 bridgehead atoms. The van der Waals surface area contributed by atoms with Gasteiger partial charge in [0.05, 0.1) is 5.92 Å². The molecule has 5 heteroatoms. The Bertz CT molecular complexity index is 362. The molecule has 0 aromatic carbocycles. The molecule has 94 valence electrons. The lowest BCUT2D eigenvalue weighted by atomic mass is 10.1. The number of amides is 1. The molecular formula is C12H17NO3S. The van der Waals surface area contributed by atoms with E-state index in [4.69, 9.17) is 5.11 Å². The Labute approximate surface area is 105 Å². The number of carboxylic acid groups (broad SMARTS) is 1. The second kappa shape index (κ2) is 7.06. The fourth-order valence-corrected chi connectivity index (χ4v) is 2.22. The number of aliphatic carboxylic acids is 1. The van der Waals surface area contributed by atoms with Gasteiger partial charge in [-0.15, -0.1) is 11.3 Å². The van der Waals surface area contributed by atoms with Crippen molar-refractivity contribution in [2.75, 3.05) is 6.54 Å². The van der Waals surface area contributed by atoms with Crippen molar-refractivity contribution >= 4 is 23.2 Å². The number of carbonyl (C=O) groups excluding carboxylic acids is 1. The zero-order valence-electron chi connectivity index (χ0n) is 9.81. The Morgan fingerprint density at radius 1 is 1.47 bits per heavy atom. The standard InChI is InChI=1S/C12H17NO3S/c1-9(10-5-4-8-17-10)12(16)13-7-3-2-6-11(14)15/h4-5,8-9H,2-3,6-7H2,1H3,(H,13,16)(H,14,15). The van der Waals surface area contributed by atoms with Gasteiger partial charge in [-0.25, -0.2) is 0 Å². The highest BCUT2D eigenvalue weighted by Crippen LogP contribution is 2.20. The van der Waals surface area contributed by atoms with E-state index in [0.717, 1.165) is 4.88 Å².